The van der Waals surface area contributed by atoms with Crippen molar-refractivity contribution >= 4 is 17.4 Å². The minimum atomic E-state index is -0.306. The number of nitrogens with one attached hydrogen (secondary N) is 1. The summed E-state index contributed by atoms with van der Waals surface area (Å²) in [6.07, 6.45) is 1.01. The average Bonchev–Trinajstić information content (AvgIpc) is 3.11. The van der Waals surface area contributed by atoms with Crippen molar-refractivity contribution in [1.82, 2.24) is 0 Å². The molecule has 5 heteroatoms. The summed E-state index contributed by atoms with van der Waals surface area (Å²) in [6.45, 7) is 0. The van der Waals surface area contributed by atoms with Crippen molar-refractivity contribution in [2.24, 2.45) is 0 Å². The van der Waals surface area contributed by atoms with Crippen molar-refractivity contribution in [3.8, 4) is 16.9 Å². The molecule has 1 aliphatic rings. The molecular weight excluding hydrogens is 357 g/mol. The van der Waals surface area contributed by atoms with Crippen LogP contribution in [0.3, 0.4) is 0 Å². The largest absolute Gasteiger partial charge is 0.497 e. The number of rotatable bonds is 4. The Balaban J connectivity index is 1.68. The summed E-state index contributed by atoms with van der Waals surface area (Å²) < 4.78 is 18.4. The van der Waals surface area contributed by atoms with E-state index in [-0.39, 0.29) is 17.5 Å². The fraction of sp³-hybridized carbons (Fsp3) is 0.130. The molecule has 0 spiro atoms. The van der Waals surface area contributed by atoms with Gasteiger partial charge in [-0.1, -0.05) is 18.2 Å². The van der Waals surface area contributed by atoms with Crippen LogP contribution in [-0.4, -0.2) is 18.8 Å². The molecule has 0 fully saturated rings. The molecule has 1 aliphatic carbocycles. The third-order valence-electron chi connectivity index (χ3n) is 4.95. The van der Waals surface area contributed by atoms with Gasteiger partial charge in [-0.2, -0.15) is 0 Å². The fourth-order valence-electron chi connectivity index (χ4n) is 3.53. The standard InChI is InChI=1S/C23H18FNO3/c1-28-17-8-4-15(5-9-17)23(27)25-20-12-10-18(14-2-6-16(24)7-3-14)19-11-13-21(26)22(19)20/h2-10,12H,11,13H2,1H3,(H,25,27). The first-order chi connectivity index (χ1) is 13.6. The number of fused-ring (bicyclic) bond motifs is 1. The number of hydrogen-bond acceptors (Lipinski definition) is 3. The van der Waals surface area contributed by atoms with E-state index in [1.165, 1.54) is 12.1 Å². The van der Waals surface area contributed by atoms with Gasteiger partial charge < -0.3 is 10.1 Å². The Labute approximate surface area is 162 Å². The van der Waals surface area contributed by atoms with E-state index in [4.69, 9.17) is 4.74 Å². The van der Waals surface area contributed by atoms with E-state index in [2.05, 4.69) is 5.32 Å². The lowest BCUT2D eigenvalue weighted by Gasteiger charge is -2.14. The van der Waals surface area contributed by atoms with Crippen molar-refractivity contribution in [3.05, 3.63) is 83.2 Å². The summed E-state index contributed by atoms with van der Waals surface area (Å²) >= 11 is 0. The number of halogens is 1. The van der Waals surface area contributed by atoms with Crippen LogP contribution in [0, 0.1) is 5.82 Å². The number of amides is 1. The molecule has 4 nitrogen and oxygen atoms in total. The molecule has 0 saturated heterocycles. The van der Waals surface area contributed by atoms with E-state index in [0.717, 1.165) is 16.7 Å². The summed E-state index contributed by atoms with van der Waals surface area (Å²) in [6, 6.07) is 16.6. The quantitative estimate of drug-likeness (QED) is 0.707. The number of carbonyl (C=O) groups is 2. The Kier molecular flexibility index (Phi) is 4.65. The van der Waals surface area contributed by atoms with Gasteiger partial charge in [0.05, 0.1) is 12.8 Å². The summed E-state index contributed by atoms with van der Waals surface area (Å²) in [5.41, 5.74) is 4.16. The Hall–Kier alpha value is -3.47. The van der Waals surface area contributed by atoms with Crippen LogP contribution in [0.2, 0.25) is 0 Å². The van der Waals surface area contributed by atoms with Crippen LogP contribution in [0.1, 0.15) is 32.7 Å². The second-order valence-corrected chi connectivity index (χ2v) is 6.63. The molecule has 28 heavy (non-hydrogen) atoms. The molecule has 4 rings (SSSR count). The van der Waals surface area contributed by atoms with E-state index in [1.807, 2.05) is 6.07 Å². The van der Waals surface area contributed by atoms with Crippen LogP contribution < -0.4 is 10.1 Å². The van der Waals surface area contributed by atoms with Crippen LogP contribution >= 0.6 is 0 Å². The Morgan fingerprint density at radius 2 is 1.68 bits per heavy atom. The number of ketones is 1. The molecule has 0 bridgehead atoms. The van der Waals surface area contributed by atoms with Gasteiger partial charge >= 0.3 is 0 Å². The third kappa shape index (κ3) is 3.27. The monoisotopic (exact) mass is 375 g/mol. The van der Waals surface area contributed by atoms with Gasteiger partial charge in [0.15, 0.2) is 5.78 Å². The lowest BCUT2D eigenvalue weighted by atomic mass is 9.95. The summed E-state index contributed by atoms with van der Waals surface area (Å²) in [5.74, 6) is 0.0687. The maximum atomic E-state index is 13.2. The van der Waals surface area contributed by atoms with E-state index in [0.29, 0.717) is 35.4 Å². The van der Waals surface area contributed by atoms with Crippen LogP contribution in [0.5, 0.6) is 5.75 Å². The van der Waals surface area contributed by atoms with Crippen molar-refractivity contribution in [2.45, 2.75) is 12.8 Å². The second-order valence-electron chi connectivity index (χ2n) is 6.63. The molecule has 1 amide bonds. The molecule has 0 aromatic heterocycles. The SMILES string of the molecule is COc1ccc(C(=O)Nc2ccc(-c3ccc(F)cc3)c3c2C(=O)CC3)cc1. The molecule has 0 aliphatic heterocycles. The minimum absolute atomic E-state index is 0.00370. The van der Waals surface area contributed by atoms with Gasteiger partial charge in [0, 0.05) is 17.5 Å². The minimum Gasteiger partial charge on any atom is -0.497 e. The normalized spacial score (nSPS) is 12.6. The van der Waals surface area contributed by atoms with Gasteiger partial charge in [0.2, 0.25) is 0 Å². The van der Waals surface area contributed by atoms with E-state index in [1.54, 1.807) is 49.6 Å². The highest BCUT2D eigenvalue weighted by atomic mass is 19.1. The van der Waals surface area contributed by atoms with Crippen molar-refractivity contribution in [2.75, 3.05) is 12.4 Å². The van der Waals surface area contributed by atoms with Crippen molar-refractivity contribution in [3.63, 3.8) is 0 Å². The molecule has 0 atom stereocenters. The second kappa shape index (κ2) is 7.27. The van der Waals surface area contributed by atoms with Crippen LogP contribution in [0.4, 0.5) is 10.1 Å². The average molecular weight is 375 g/mol. The molecule has 0 radical (unpaired) electrons. The summed E-state index contributed by atoms with van der Waals surface area (Å²) in [5, 5.41) is 2.85. The lowest BCUT2D eigenvalue weighted by molar-refractivity contribution is 0.0995. The van der Waals surface area contributed by atoms with Crippen LogP contribution in [-0.2, 0) is 6.42 Å². The number of anilines is 1. The molecule has 140 valence electrons. The topological polar surface area (TPSA) is 55.4 Å². The summed E-state index contributed by atoms with van der Waals surface area (Å²) in [4.78, 5) is 25.1. The summed E-state index contributed by atoms with van der Waals surface area (Å²) in [7, 11) is 1.56. The zero-order chi connectivity index (χ0) is 19.7. The Morgan fingerprint density at radius 1 is 0.964 bits per heavy atom. The van der Waals surface area contributed by atoms with E-state index < -0.39 is 0 Å². The fourth-order valence-corrected chi connectivity index (χ4v) is 3.53. The van der Waals surface area contributed by atoms with E-state index in [9.17, 15) is 14.0 Å². The first-order valence-electron chi connectivity index (χ1n) is 8.97. The number of Topliss-reactive ketones (excluding diaryl/α,β-unsaturated/α-hetero) is 1. The van der Waals surface area contributed by atoms with Crippen LogP contribution in [0.25, 0.3) is 11.1 Å². The number of carbonyl (C=O) groups excluding carboxylic acids is 2. The highest BCUT2D eigenvalue weighted by Crippen LogP contribution is 2.37. The number of ether oxygens (including phenoxy) is 1. The maximum absolute atomic E-state index is 13.2. The smallest absolute Gasteiger partial charge is 0.255 e. The number of methoxy groups -OCH3 is 1. The van der Waals surface area contributed by atoms with Gasteiger partial charge in [-0.15, -0.1) is 0 Å². The predicted octanol–water partition coefficient (Wildman–Crippen LogP) is 4.88. The highest BCUT2D eigenvalue weighted by Gasteiger charge is 2.27. The number of hydrogen-bond donors (Lipinski definition) is 1. The van der Waals surface area contributed by atoms with Gasteiger partial charge in [0.1, 0.15) is 11.6 Å². The lowest BCUT2D eigenvalue weighted by Crippen LogP contribution is -2.14. The van der Waals surface area contributed by atoms with Crippen molar-refractivity contribution in [1.29, 1.82) is 0 Å². The molecular formula is C23H18FNO3. The molecule has 0 heterocycles. The molecule has 1 N–H and O–H groups in total. The molecule has 3 aromatic carbocycles. The molecule has 0 saturated carbocycles. The van der Waals surface area contributed by atoms with E-state index >= 15 is 0 Å². The van der Waals surface area contributed by atoms with Gasteiger partial charge in [-0.05, 0) is 65.6 Å². The van der Waals surface area contributed by atoms with Gasteiger partial charge in [-0.3, -0.25) is 9.59 Å². The Bertz CT molecular complexity index is 1060. The third-order valence-corrected chi connectivity index (χ3v) is 4.95. The molecule has 0 unspecified atom stereocenters. The zero-order valence-electron chi connectivity index (χ0n) is 15.3. The zero-order valence-corrected chi connectivity index (χ0v) is 15.3. The number of benzene rings is 3. The first-order valence-corrected chi connectivity index (χ1v) is 8.97. The van der Waals surface area contributed by atoms with Crippen LogP contribution in [0.15, 0.2) is 60.7 Å². The van der Waals surface area contributed by atoms with Gasteiger partial charge in [0.25, 0.3) is 5.91 Å². The maximum Gasteiger partial charge on any atom is 0.255 e. The van der Waals surface area contributed by atoms with Gasteiger partial charge in [-0.25, -0.2) is 4.39 Å². The molecule has 3 aromatic rings. The highest BCUT2D eigenvalue weighted by molar-refractivity contribution is 6.12. The first kappa shape index (κ1) is 17.9. The Morgan fingerprint density at radius 3 is 2.36 bits per heavy atom. The predicted molar refractivity (Wildman–Crippen MR) is 105 cm³/mol. The van der Waals surface area contributed by atoms with Crippen molar-refractivity contribution < 1.29 is 18.7 Å².